The number of quaternary nitrogens is 1. The summed E-state index contributed by atoms with van der Waals surface area (Å²) in [6, 6.07) is 13.9. The quantitative estimate of drug-likeness (QED) is 0.263. The van der Waals surface area contributed by atoms with E-state index in [0.29, 0.717) is 38.6 Å². The number of nitrogens with one attached hydrogen (secondary N) is 1. The van der Waals surface area contributed by atoms with Crippen molar-refractivity contribution in [3.05, 3.63) is 86.2 Å². The predicted octanol–water partition coefficient (Wildman–Crippen LogP) is 3.08. The lowest BCUT2D eigenvalue weighted by Crippen LogP contribution is -2.46. The number of nitrogens with zero attached hydrogens (tertiary/aromatic N) is 6. The number of halogens is 1. The second kappa shape index (κ2) is 12.6. The normalized spacial score (nSPS) is 11.6. The molecule has 0 bridgehead atoms. The van der Waals surface area contributed by atoms with Gasteiger partial charge in [-0.15, -0.1) is 16.4 Å². The van der Waals surface area contributed by atoms with Crippen LogP contribution in [0.25, 0.3) is 11.4 Å². The molecular formula is C27H33ClN7O3S+. The number of rotatable bonds is 12. The van der Waals surface area contributed by atoms with Gasteiger partial charge in [0.1, 0.15) is 30.3 Å². The SMILES string of the molecule is CN(C)CC[N+](C)(C)CCOc1cc(-n2ccccc2=O)ccc1-n1cc(CNC(=O)c2ccc(Cl)s2)nn1. The van der Waals surface area contributed by atoms with Crippen molar-refractivity contribution in [3.63, 3.8) is 0 Å². The average molecular weight is 571 g/mol. The Bertz CT molecular complexity index is 1480. The van der Waals surface area contributed by atoms with E-state index in [1.165, 1.54) is 17.4 Å². The predicted molar refractivity (Wildman–Crippen MR) is 153 cm³/mol. The van der Waals surface area contributed by atoms with Crippen molar-refractivity contribution >= 4 is 28.8 Å². The molecule has 1 amide bonds. The van der Waals surface area contributed by atoms with E-state index < -0.39 is 0 Å². The van der Waals surface area contributed by atoms with Gasteiger partial charge in [0.15, 0.2) is 0 Å². The molecule has 1 N–H and O–H groups in total. The molecule has 1 aromatic carbocycles. The third-order valence-electron chi connectivity index (χ3n) is 6.17. The third kappa shape index (κ3) is 7.76. The number of carbonyl (C=O) groups is 1. The number of hydrogen-bond acceptors (Lipinski definition) is 7. The second-order valence-electron chi connectivity index (χ2n) is 10.0. The Morgan fingerprint density at radius 2 is 1.97 bits per heavy atom. The molecule has 0 aliphatic rings. The number of thiophene rings is 1. The molecule has 0 atom stereocenters. The van der Waals surface area contributed by atoms with Gasteiger partial charge >= 0.3 is 0 Å². The Labute approximate surface area is 236 Å². The summed E-state index contributed by atoms with van der Waals surface area (Å²) >= 11 is 7.15. The van der Waals surface area contributed by atoms with Gasteiger partial charge < -0.3 is 19.4 Å². The molecule has 0 saturated carbocycles. The van der Waals surface area contributed by atoms with Gasteiger partial charge in [-0.3, -0.25) is 14.2 Å². The molecule has 0 spiro atoms. The molecule has 0 radical (unpaired) electrons. The van der Waals surface area contributed by atoms with Gasteiger partial charge in [-0.05, 0) is 44.4 Å². The molecule has 0 saturated heterocycles. The first-order valence-corrected chi connectivity index (χ1v) is 13.7. The van der Waals surface area contributed by atoms with E-state index in [1.54, 1.807) is 39.8 Å². The first-order valence-electron chi connectivity index (χ1n) is 12.5. The Morgan fingerprint density at radius 1 is 1.15 bits per heavy atom. The Morgan fingerprint density at radius 3 is 2.69 bits per heavy atom. The van der Waals surface area contributed by atoms with Crippen molar-refractivity contribution in [3.8, 4) is 17.1 Å². The lowest BCUT2D eigenvalue weighted by atomic mass is 10.2. The summed E-state index contributed by atoms with van der Waals surface area (Å²) in [7, 11) is 8.48. The summed E-state index contributed by atoms with van der Waals surface area (Å²) in [5.74, 6) is 0.350. The molecule has 0 unspecified atom stereocenters. The molecule has 206 valence electrons. The van der Waals surface area contributed by atoms with E-state index in [2.05, 4.69) is 48.7 Å². The number of likely N-dealkylation sites (N-methyl/N-ethyl adjacent to an activating group) is 2. The van der Waals surface area contributed by atoms with Crippen molar-refractivity contribution in [2.24, 2.45) is 0 Å². The van der Waals surface area contributed by atoms with E-state index in [0.717, 1.165) is 24.1 Å². The Hall–Kier alpha value is -3.51. The highest BCUT2D eigenvalue weighted by Gasteiger charge is 2.18. The topological polar surface area (TPSA) is 94.3 Å². The minimum absolute atomic E-state index is 0.136. The summed E-state index contributed by atoms with van der Waals surface area (Å²) < 4.78 is 10.8. The summed E-state index contributed by atoms with van der Waals surface area (Å²) in [6.45, 7) is 3.44. The van der Waals surface area contributed by atoms with Crippen LogP contribution in [0.3, 0.4) is 0 Å². The molecule has 3 heterocycles. The number of carbonyl (C=O) groups excluding carboxylic acids is 1. The molecule has 12 heteroatoms. The van der Waals surface area contributed by atoms with Crippen LogP contribution in [0.15, 0.2) is 65.7 Å². The summed E-state index contributed by atoms with van der Waals surface area (Å²) in [5.41, 5.74) is 1.81. The minimum atomic E-state index is -0.224. The second-order valence-corrected chi connectivity index (χ2v) is 11.8. The van der Waals surface area contributed by atoms with Gasteiger partial charge in [0.2, 0.25) is 0 Å². The first kappa shape index (κ1) is 28.5. The van der Waals surface area contributed by atoms with E-state index in [4.69, 9.17) is 16.3 Å². The fraction of sp³-hybridized carbons (Fsp3) is 0.333. The largest absolute Gasteiger partial charge is 0.485 e. The number of benzene rings is 1. The number of hydrogen-bond donors (Lipinski definition) is 1. The maximum Gasteiger partial charge on any atom is 0.261 e. The summed E-state index contributed by atoms with van der Waals surface area (Å²) in [6.07, 6.45) is 3.47. The molecule has 39 heavy (non-hydrogen) atoms. The van der Waals surface area contributed by atoms with Gasteiger partial charge in [0.25, 0.3) is 11.5 Å². The Kier molecular flexibility index (Phi) is 9.18. The van der Waals surface area contributed by atoms with Gasteiger partial charge in [0.05, 0.1) is 48.3 Å². The highest BCUT2D eigenvalue weighted by atomic mass is 35.5. The van der Waals surface area contributed by atoms with Crippen LogP contribution < -0.4 is 15.6 Å². The van der Waals surface area contributed by atoms with Crippen molar-refractivity contribution in [2.45, 2.75) is 6.54 Å². The molecular weight excluding hydrogens is 538 g/mol. The van der Waals surface area contributed by atoms with Gasteiger partial charge in [0, 0.05) is 24.9 Å². The fourth-order valence-corrected chi connectivity index (χ4v) is 4.73. The molecule has 4 rings (SSSR count). The standard InChI is InChI=1S/C27H32ClN7O3S/c1-32(2)13-14-35(3,4)15-16-38-23-17-21(33-12-6-5-7-26(33)36)8-9-22(23)34-19-20(30-31-34)18-29-27(37)24-10-11-25(28)39-24/h5-12,17,19H,13-16,18H2,1-4H3/p+1. The van der Waals surface area contributed by atoms with Crippen LogP contribution in [0.5, 0.6) is 5.75 Å². The van der Waals surface area contributed by atoms with Gasteiger partial charge in [-0.25, -0.2) is 4.68 Å². The molecule has 0 fully saturated rings. The van der Waals surface area contributed by atoms with Crippen LogP contribution >= 0.6 is 22.9 Å². The molecule has 3 aromatic heterocycles. The molecule has 0 aliphatic carbocycles. The summed E-state index contributed by atoms with van der Waals surface area (Å²) in [5, 5.41) is 11.3. The van der Waals surface area contributed by atoms with Crippen LogP contribution in [0.1, 0.15) is 15.4 Å². The van der Waals surface area contributed by atoms with E-state index in [-0.39, 0.29) is 18.0 Å². The van der Waals surface area contributed by atoms with Gasteiger partial charge in [-0.1, -0.05) is 22.9 Å². The number of aromatic nitrogens is 4. The number of amides is 1. The maximum atomic E-state index is 12.4. The van der Waals surface area contributed by atoms with Crippen LogP contribution in [0.4, 0.5) is 0 Å². The lowest BCUT2D eigenvalue weighted by Gasteiger charge is -2.31. The van der Waals surface area contributed by atoms with Crippen molar-refractivity contribution in [1.82, 2.24) is 29.8 Å². The molecule has 4 aromatic rings. The van der Waals surface area contributed by atoms with Crippen molar-refractivity contribution in [1.29, 1.82) is 0 Å². The monoisotopic (exact) mass is 570 g/mol. The molecule has 10 nitrogen and oxygen atoms in total. The molecule has 0 aliphatic heterocycles. The van der Waals surface area contributed by atoms with Crippen LogP contribution in [0.2, 0.25) is 4.34 Å². The van der Waals surface area contributed by atoms with Crippen molar-refractivity contribution < 1.29 is 14.0 Å². The number of ether oxygens (including phenoxy) is 1. The van der Waals surface area contributed by atoms with Crippen LogP contribution in [-0.2, 0) is 6.54 Å². The third-order valence-corrected chi connectivity index (χ3v) is 7.40. The first-order chi connectivity index (χ1) is 18.6. The zero-order valence-corrected chi connectivity index (χ0v) is 24.1. The number of pyridine rings is 1. The van der Waals surface area contributed by atoms with E-state index in [1.807, 2.05) is 24.3 Å². The van der Waals surface area contributed by atoms with Crippen LogP contribution in [-0.4, -0.2) is 89.3 Å². The van der Waals surface area contributed by atoms with Crippen LogP contribution in [0, 0.1) is 0 Å². The summed E-state index contributed by atoms with van der Waals surface area (Å²) in [4.78, 5) is 27.5. The minimum Gasteiger partial charge on any atom is -0.485 e. The Balaban J connectivity index is 1.53. The van der Waals surface area contributed by atoms with Gasteiger partial charge in [-0.2, -0.15) is 0 Å². The maximum absolute atomic E-state index is 12.4. The van der Waals surface area contributed by atoms with E-state index >= 15 is 0 Å². The van der Waals surface area contributed by atoms with E-state index in [9.17, 15) is 9.59 Å². The highest BCUT2D eigenvalue weighted by Crippen LogP contribution is 2.26. The fourth-order valence-electron chi connectivity index (χ4n) is 3.77. The lowest BCUT2D eigenvalue weighted by molar-refractivity contribution is -0.889. The van der Waals surface area contributed by atoms with Crippen molar-refractivity contribution in [2.75, 3.05) is 54.4 Å². The smallest absolute Gasteiger partial charge is 0.261 e. The zero-order valence-electron chi connectivity index (χ0n) is 22.5. The zero-order chi connectivity index (χ0) is 28.0. The highest BCUT2D eigenvalue weighted by molar-refractivity contribution is 7.17. The average Bonchev–Trinajstić information content (AvgIpc) is 3.55.